The fourth-order valence-electron chi connectivity index (χ4n) is 2.58. The van der Waals surface area contributed by atoms with Crippen LogP contribution in [0.4, 0.5) is 5.69 Å². The fourth-order valence-corrected chi connectivity index (χ4v) is 3.61. The van der Waals surface area contributed by atoms with Gasteiger partial charge in [-0.15, -0.1) is 0 Å². The summed E-state index contributed by atoms with van der Waals surface area (Å²) in [6, 6.07) is 11.6. The topological polar surface area (TPSA) is 93.7 Å². The maximum atomic E-state index is 12.3. The number of carbonyl (C=O) groups excluding carboxylic acids is 1. The molecule has 1 aliphatic heterocycles. The predicted molar refractivity (Wildman–Crippen MR) is 97.1 cm³/mol. The molecule has 3 rings (SSSR count). The van der Waals surface area contributed by atoms with Crippen molar-refractivity contribution < 1.29 is 22.7 Å². The lowest BCUT2D eigenvalue weighted by Crippen LogP contribution is -2.26. The molecule has 7 nitrogen and oxygen atoms in total. The van der Waals surface area contributed by atoms with Crippen LogP contribution in [0.2, 0.25) is 0 Å². The Morgan fingerprint density at radius 2 is 1.73 bits per heavy atom. The van der Waals surface area contributed by atoms with E-state index in [0.717, 1.165) is 5.56 Å². The quantitative estimate of drug-likeness (QED) is 0.804. The normalized spacial score (nSPS) is 13.3. The van der Waals surface area contributed by atoms with E-state index in [9.17, 15) is 13.2 Å². The van der Waals surface area contributed by atoms with Crippen LogP contribution in [-0.2, 0) is 21.2 Å². The molecule has 2 N–H and O–H groups in total. The van der Waals surface area contributed by atoms with Gasteiger partial charge in [0.2, 0.25) is 15.9 Å². The third-order valence-corrected chi connectivity index (χ3v) is 5.27. The molecular weight excluding hydrogens is 356 g/mol. The summed E-state index contributed by atoms with van der Waals surface area (Å²) in [6.07, 6.45) is 0.528. The first-order valence-corrected chi connectivity index (χ1v) is 9.68. The van der Waals surface area contributed by atoms with Crippen molar-refractivity contribution in [3.8, 4) is 11.5 Å². The van der Waals surface area contributed by atoms with Gasteiger partial charge in [-0.2, -0.15) is 0 Å². The van der Waals surface area contributed by atoms with E-state index in [1.807, 2.05) is 18.2 Å². The number of rotatable bonds is 6. The first kappa shape index (κ1) is 18.2. The second-order valence-corrected chi connectivity index (χ2v) is 7.60. The molecule has 1 aliphatic rings. The molecule has 0 radical (unpaired) electrons. The van der Waals surface area contributed by atoms with Crippen molar-refractivity contribution in [2.24, 2.45) is 0 Å². The Morgan fingerprint density at radius 3 is 2.42 bits per heavy atom. The Bertz CT molecular complexity index is 894. The van der Waals surface area contributed by atoms with Crippen LogP contribution < -0.4 is 19.5 Å². The lowest BCUT2D eigenvalue weighted by molar-refractivity contribution is -0.114. The van der Waals surface area contributed by atoms with Crippen molar-refractivity contribution >= 4 is 21.6 Å². The van der Waals surface area contributed by atoms with E-state index in [-0.39, 0.29) is 17.3 Å². The highest BCUT2D eigenvalue weighted by Crippen LogP contribution is 2.30. The van der Waals surface area contributed by atoms with E-state index in [1.165, 1.54) is 19.1 Å². The van der Waals surface area contributed by atoms with Crippen LogP contribution in [0.3, 0.4) is 0 Å². The number of amides is 1. The molecule has 0 aromatic heterocycles. The number of sulfonamides is 1. The van der Waals surface area contributed by atoms with E-state index in [1.54, 1.807) is 12.1 Å². The summed E-state index contributed by atoms with van der Waals surface area (Å²) >= 11 is 0. The van der Waals surface area contributed by atoms with Gasteiger partial charge >= 0.3 is 0 Å². The van der Waals surface area contributed by atoms with E-state index < -0.39 is 10.0 Å². The zero-order valence-corrected chi connectivity index (χ0v) is 15.1. The summed E-state index contributed by atoms with van der Waals surface area (Å²) in [7, 11) is -3.61. The highest BCUT2D eigenvalue weighted by molar-refractivity contribution is 7.89. The summed E-state index contributed by atoms with van der Waals surface area (Å²) in [5.74, 6) is 1.18. The highest BCUT2D eigenvalue weighted by atomic mass is 32.2. The standard InChI is InChI=1S/C18H20N2O5S/c1-13(21)20-15-3-5-16(6-4-15)26(22,23)19-9-8-14-2-7-17-18(12-14)25-11-10-24-17/h2-7,12,19H,8-11H2,1H3,(H,20,21). The Kier molecular flexibility index (Phi) is 5.43. The molecule has 0 aliphatic carbocycles. The van der Waals surface area contributed by atoms with Gasteiger partial charge in [0.15, 0.2) is 11.5 Å². The van der Waals surface area contributed by atoms with Gasteiger partial charge in [-0.25, -0.2) is 13.1 Å². The largest absolute Gasteiger partial charge is 0.486 e. The lowest BCUT2D eigenvalue weighted by atomic mass is 10.1. The van der Waals surface area contributed by atoms with E-state index in [4.69, 9.17) is 9.47 Å². The van der Waals surface area contributed by atoms with Crippen molar-refractivity contribution in [2.75, 3.05) is 25.1 Å². The summed E-state index contributed by atoms with van der Waals surface area (Å²) in [5, 5.41) is 2.60. The smallest absolute Gasteiger partial charge is 0.240 e. The minimum atomic E-state index is -3.61. The number of fused-ring (bicyclic) bond motifs is 1. The molecule has 0 spiro atoms. The molecule has 0 atom stereocenters. The summed E-state index contributed by atoms with van der Waals surface area (Å²) in [4.78, 5) is 11.1. The monoisotopic (exact) mass is 376 g/mol. The average molecular weight is 376 g/mol. The highest BCUT2D eigenvalue weighted by Gasteiger charge is 2.15. The first-order chi connectivity index (χ1) is 12.4. The molecule has 1 amide bonds. The van der Waals surface area contributed by atoms with Gasteiger partial charge in [0.1, 0.15) is 13.2 Å². The summed E-state index contributed by atoms with van der Waals surface area (Å²) < 4.78 is 38.3. The molecule has 0 saturated heterocycles. The molecular formula is C18H20N2O5S. The van der Waals surface area contributed by atoms with Crippen LogP contribution in [0.5, 0.6) is 11.5 Å². The third kappa shape index (κ3) is 4.53. The van der Waals surface area contributed by atoms with Gasteiger partial charge in [0, 0.05) is 19.2 Å². The Morgan fingerprint density at radius 1 is 1.04 bits per heavy atom. The predicted octanol–water partition coefficient (Wildman–Crippen LogP) is 1.94. The van der Waals surface area contributed by atoms with Gasteiger partial charge in [-0.05, 0) is 48.4 Å². The van der Waals surface area contributed by atoms with Crippen molar-refractivity contribution in [3.63, 3.8) is 0 Å². The zero-order valence-electron chi connectivity index (χ0n) is 14.3. The molecule has 0 bridgehead atoms. The number of benzene rings is 2. The summed E-state index contributed by atoms with van der Waals surface area (Å²) in [5.41, 5.74) is 1.51. The van der Waals surface area contributed by atoms with E-state index in [0.29, 0.717) is 36.8 Å². The third-order valence-electron chi connectivity index (χ3n) is 3.80. The second kappa shape index (κ2) is 7.76. The van der Waals surface area contributed by atoms with Crippen LogP contribution >= 0.6 is 0 Å². The number of ether oxygens (including phenoxy) is 2. The minimum absolute atomic E-state index is 0.147. The Labute approximate surface area is 152 Å². The Balaban J connectivity index is 1.59. The minimum Gasteiger partial charge on any atom is -0.486 e. The van der Waals surface area contributed by atoms with E-state index in [2.05, 4.69) is 10.0 Å². The summed E-state index contributed by atoms with van der Waals surface area (Å²) in [6.45, 7) is 2.70. The van der Waals surface area contributed by atoms with E-state index >= 15 is 0 Å². The molecule has 2 aromatic rings. The second-order valence-electron chi connectivity index (χ2n) is 5.83. The maximum absolute atomic E-state index is 12.3. The number of carbonyl (C=O) groups is 1. The molecule has 26 heavy (non-hydrogen) atoms. The molecule has 1 heterocycles. The molecule has 0 saturated carbocycles. The van der Waals surface area contributed by atoms with Gasteiger partial charge in [-0.3, -0.25) is 4.79 Å². The van der Waals surface area contributed by atoms with Crippen LogP contribution in [-0.4, -0.2) is 34.1 Å². The number of nitrogens with one attached hydrogen (secondary N) is 2. The number of hydrogen-bond acceptors (Lipinski definition) is 5. The van der Waals surface area contributed by atoms with Crippen LogP contribution in [0.15, 0.2) is 47.4 Å². The van der Waals surface area contributed by atoms with Crippen molar-refractivity contribution in [1.82, 2.24) is 4.72 Å². The van der Waals surface area contributed by atoms with Gasteiger partial charge < -0.3 is 14.8 Å². The fraction of sp³-hybridized carbons (Fsp3) is 0.278. The van der Waals surface area contributed by atoms with Crippen molar-refractivity contribution in [2.45, 2.75) is 18.2 Å². The maximum Gasteiger partial charge on any atom is 0.240 e. The molecule has 0 unspecified atom stereocenters. The molecule has 138 valence electrons. The van der Waals surface area contributed by atoms with Gasteiger partial charge in [0.05, 0.1) is 4.90 Å². The van der Waals surface area contributed by atoms with Gasteiger partial charge in [-0.1, -0.05) is 6.07 Å². The first-order valence-electron chi connectivity index (χ1n) is 8.20. The van der Waals surface area contributed by atoms with Crippen LogP contribution in [0.1, 0.15) is 12.5 Å². The number of hydrogen-bond donors (Lipinski definition) is 2. The molecule has 8 heteroatoms. The van der Waals surface area contributed by atoms with Crippen molar-refractivity contribution in [1.29, 1.82) is 0 Å². The van der Waals surface area contributed by atoms with Crippen LogP contribution in [0, 0.1) is 0 Å². The average Bonchev–Trinajstić information content (AvgIpc) is 2.61. The van der Waals surface area contributed by atoms with Crippen LogP contribution in [0.25, 0.3) is 0 Å². The molecule has 2 aromatic carbocycles. The Hall–Kier alpha value is -2.58. The zero-order chi connectivity index (χ0) is 18.6. The number of anilines is 1. The SMILES string of the molecule is CC(=O)Nc1ccc(S(=O)(=O)NCCc2ccc3c(c2)OCCO3)cc1. The molecule has 0 fully saturated rings. The lowest BCUT2D eigenvalue weighted by Gasteiger charge is -2.18. The van der Waals surface area contributed by atoms with Crippen molar-refractivity contribution in [3.05, 3.63) is 48.0 Å². The van der Waals surface area contributed by atoms with Gasteiger partial charge in [0.25, 0.3) is 0 Å².